The van der Waals surface area contributed by atoms with Gasteiger partial charge in [-0.2, -0.15) is 0 Å². The molecule has 2 aromatic heterocycles. The van der Waals surface area contributed by atoms with Crippen molar-refractivity contribution in [3.05, 3.63) is 44.2 Å². The number of nitrogens with one attached hydrogen (secondary N) is 1. The number of fused-ring (bicyclic) bond motifs is 1. The van der Waals surface area contributed by atoms with E-state index in [4.69, 9.17) is 27.9 Å². The fourth-order valence-corrected chi connectivity index (χ4v) is 6.81. The van der Waals surface area contributed by atoms with Crippen LogP contribution in [0.4, 0.5) is 5.00 Å². The van der Waals surface area contributed by atoms with Gasteiger partial charge in [0.05, 0.1) is 22.9 Å². The number of anilines is 1. The molecule has 2 heterocycles. The van der Waals surface area contributed by atoms with E-state index >= 15 is 0 Å². The van der Waals surface area contributed by atoms with Gasteiger partial charge in [-0.15, -0.1) is 21.5 Å². The maximum absolute atomic E-state index is 12.9. The van der Waals surface area contributed by atoms with E-state index in [1.165, 1.54) is 23.1 Å². The predicted molar refractivity (Wildman–Crippen MR) is 142 cm³/mol. The third kappa shape index (κ3) is 5.69. The molecular weight excluding hydrogens is 527 g/mol. The fourth-order valence-electron chi connectivity index (χ4n) is 4.10. The van der Waals surface area contributed by atoms with E-state index in [1.54, 1.807) is 25.1 Å². The molecule has 0 radical (unpaired) electrons. The van der Waals surface area contributed by atoms with Crippen molar-refractivity contribution in [2.24, 2.45) is 5.92 Å². The molecule has 0 spiro atoms. The molecule has 1 aromatic carbocycles. The Bertz CT molecular complexity index is 1260. The Morgan fingerprint density at radius 2 is 2.09 bits per heavy atom. The molecule has 0 fully saturated rings. The van der Waals surface area contributed by atoms with Crippen molar-refractivity contribution in [2.45, 2.75) is 51.7 Å². The van der Waals surface area contributed by atoms with Crippen molar-refractivity contribution >= 4 is 63.2 Å². The van der Waals surface area contributed by atoms with E-state index < -0.39 is 0 Å². The van der Waals surface area contributed by atoms with Gasteiger partial charge in [-0.25, -0.2) is 4.79 Å². The number of rotatable bonds is 8. The Hall–Kier alpha value is -2.07. The summed E-state index contributed by atoms with van der Waals surface area (Å²) in [6.07, 6.45) is 2.75. The quantitative estimate of drug-likeness (QED) is 0.258. The van der Waals surface area contributed by atoms with E-state index in [1.807, 2.05) is 11.5 Å². The van der Waals surface area contributed by atoms with Crippen molar-refractivity contribution in [1.82, 2.24) is 14.8 Å². The highest BCUT2D eigenvalue weighted by Crippen LogP contribution is 2.40. The number of amides is 1. The zero-order chi connectivity index (χ0) is 25.1. The molecule has 0 bridgehead atoms. The van der Waals surface area contributed by atoms with Crippen LogP contribution < -0.4 is 5.32 Å². The van der Waals surface area contributed by atoms with Crippen LogP contribution in [0.15, 0.2) is 23.4 Å². The molecule has 4 rings (SSSR count). The number of nitrogens with zero attached hydrogens (tertiary/aromatic N) is 3. The van der Waals surface area contributed by atoms with Gasteiger partial charge in [0.15, 0.2) is 11.0 Å². The minimum atomic E-state index is -0.377. The monoisotopic (exact) mass is 552 g/mol. The average Bonchev–Trinajstić information content (AvgIpc) is 3.37. The van der Waals surface area contributed by atoms with Crippen molar-refractivity contribution in [3.8, 4) is 11.4 Å². The SMILES string of the molecule is CCOC(=O)c1c(NC(=O)CSc2nnc(-c3ccc(Cl)cc3Cl)n2CC)sc2c1CCC(C)C2. The topological polar surface area (TPSA) is 86.1 Å². The van der Waals surface area contributed by atoms with Crippen molar-refractivity contribution in [3.63, 3.8) is 0 Å². The first-order valence-electron chi connectivity index (χ1n) is 11.4. The van der Waals surface area contributed by atoms with Crippen LogP contribution in [-0.4, -0.2) is 39.0 Å². The average molecular weight is 554 g/mol. The summed E-state index contributed by atoms with van der Waals surface area (Å²) < 4.78 is 7.20. The predicted octanol–water partition coefficient (Wildman–Crippen LogP) is 6.37. The Morgan fingerprint density at radius 1 is 1.29 bits per heavy atom. The van der Waals surface area contributed by atoms with E-state index in [-0.39, 0.29) is 24.2 Å². The van der Waals surface area contributed by atoms with Crippen LogP contribution in [0.1, 0.15) is 48.0 Å². The van der Waals surface area contributed by atoms with Gasteiger partial charge in [0.25, 0.3) is 0 Å². The number of benzene rings is 1. The first-order valence-corrected chi connectivity index (χ1v) is 14.0. The molecule has 11 heteroatoms. The highest BCUT2D eigenvalue weighted by molar-refractivity contribution is 7.99. The number of hydrogen-bond acceptors (Lipinski definition) is 7. The number of thioether (sulfide) groups is 1. The summed E-state index contributed by atoms with van der Waals surface area (Å²) >= 11 is 15.1. The van der Waals surface area contributed by atoms with E-state index in [0.717, 1.165) is 35.3 Å². The van der Waals surface area contributed by atoms with Crippen LogP contribution in [0.3, 0.4) is 0 Å². The number of hydrogen-bond donors (Lipinski definition) is 1. The number of ether oxygens (including phenoxy) is 1. The van der Waals surface area contributed by atoms with Crippen molar-refractivity contribution in [1.29, 1.82) is 0 Å². The summed E-state index contributed by atoms with van der Waals surface area (Å²) in [5.41, 5.74) is 2.25. The lowest BCUT2D eigenvalue weighted by atomic mass is 9.88. The van der Waals surface area contributed by atoms with Gasteiger partial charge in [0, 0.05) is 22.0 Å². The molecule has 7 nitrogen and oxygen atoms in total. The zero-order valence-corrected chi connectivity index (χ0v) is 22.8. The van der Waals surface area contributed by atoms with Gasteiger partial charge in [0.1, 0.15) is 5.00 Å². The normalized spacial score (nSPS) is 15.1. The van der Waals surface area contributed by atoms with Gasteiger partial charge in [-0.3, -0.25) is 4.79 Å². The summed E-state index contributed by atoms with van der Waals surface area (Å²) in [4.78, 5) is 26.7. The van der Waals surface area contributed by atoms with Gasteiger partial charge in [-0.05, 0) is 62.8 Å². The Labute approximate surface area is 222 Å². The molecule has 186 valence electrons. The standard InChI is InChI=1S/C24H26Cl2N4O3S2/c1-4-30-21(15-9-7-14(25)11-17(15)26)28-29-24(30)34-12-19(31)27-22-20(23(32)33-5-2)16-8-6-13(3)10-18(16)35-22/h7,9,11,13H,4-6,8,10,12H2,1-3H3,(H,27,31). The summed E-state index contributed by atoms with van der Waals surface area (Å²) in [6.45, 7) is 6.85. The lowest BCUT2D eigenvalue weighted by Crippen LogP contribution is -2.18. The molecule has 3 aromatic rings. The zero-order valence-electron chi connectivity index (χ0n) is 19.7. The van der Waals surface area contributed by atoms with Gasteiger partial charge in [0.2, 0.25) is 5.91 Å². The first kappa shape index (κ1) is 26.0. The van der Waals surface area contributed by atoms with E-state index in [2.05, 4.69) is 22.4 Å². The molecule has 1 aliphatic carbocycles. The lowest BCUT2D eigenvalue weighted by molar-refractivity contribution is -0.113. The molecule has 0 saturated carbocycles. The van der Waals surface area contributed by atoms with Crippen LogP contribution in [0, 0.1) is 5.92 Å². The smallest absolute Gasteiger partial charge is 0.341 e. The van der Waals surface area contributed by atoms with Crippen LogP contribution in [-0.2, 0) is 28.9 Å². The van der Waals surface area contributed by atoms with E-state index in [0.29, 0.717) is 44.1 Å². The maximum Gasteiger partial charge on any atom is 0.341 e. The van der Waals surface area contributed by atoms with Crippen LogP contribution in [0.25, 0.3) is 11.4 Å². The number of esters is 1. The summed E-state index contributed by atoms with van der Waals surface area (Å²) in [5, 5.41) is 13.7. The third-order valence-corrected chi connectivity index (χ3v) is 8.47. The Kier molecular flexibility index (Phi) is 8.42. The Balaban J connectivity index is 1.50. The molecule has 1 aliphatic rings. The second kappa shape index (κ2) is 11.3. The molecule has 1 atom stereocenters. The number of thiophene rings is 1. The molecule has 1 unspecified atom stereocenters. The molecule has 35 heavy (non-hydrogen) atoms. The summed E-state index contributed by atoms with van der Waals surface area (Å²) in [7, 11) is 0. The van der Waals surface area contributed by atoms with E-state index in [9.17, 15) is 9.59 Å². The summed E-state index contributed by atoms with van der Waals surface area (Å²) in [6, 6.07) is 5.22. The molecule has 0 aliphatic heterocycles. The maximum atomic E-state index is 12.9. The minimum Gasteiger partial charge on any atom is -0.462 e. The van der Waals surface area contributed by atoms with Gasteiger partial charge in [-0.1, -0.05) is 41.9 Å². The number of carbonyl (C=O) groups is 2. The summed E-state index contributed by atoms with van der Waals surface area (Å²) in [5.74, 6) is 0.690. The number of carbonyl (C=O) groups excluding carboxylic acids is 2. The van der Waals surface area contributed by atoms with Crippen LogP contribution in [0.2, 0.25) is 10.0 Å². The second-order valence-electron chi connectivity index (χ2n) is 8.29. The van der Waals surface area contributed by atoms with Crippen LogP contribution >= 0.6 is 46.3 Å². The number of halogens is 2. The molecule has 1 N–H and O–H groups in total. The van der Waals surface area contributed by atoms with Crippen LogP contribution in [0.5, 0.6) is 0 Å². The van der Waals surface area contributed by atoms with Crippen molar-refractivity contribution < 1.29 is 14.3 Å². The van der Waals surface area contributed by atoms with Gasteiger partial charge >= 0.3 is 5.97 Å². The first-order chi connectivity index (χ1) is 16.8. The van der Waals surface area contributed by atoms with Crippen molar-refractivity contribution in [2.75, 3.05) is 17.7 Å². The fraction of sp³-hybridized carbons (Fsp3) is 0.417. The molecule has 0 saturated heterocycles. The third-order valence-electron chi connectivity index (χ3n) is 5.78. The Morgan fingerprint density at radius 3 is 2.80 bits per heavy atom. The van der Waals surface area contributed by atoms with Gasteiger partial charge < -0.3 is 14.6 Å². The minimum absolute atomic E-state index is 0.119. The largest absolute Gasteiger partial charge is 0.462 e. The second-order valence-corrected chi connectivity index (χ2v) is 11.2. The molecule has 1 amide bonds. The number of aromatic nitrogens is 3. The highest BCUT2D eigenvalue weighted by atomic mass is 35.5. The highest BCUT2D eigenvalue weighted by Gasteiger charge is 2.29. The molecular formula is C24H26Cl2N4O3S2. The lowest BCUT2D eigenvalue weighted by Gasteiger charge is -2.18.